The summed E-state index contributed by atoms with van der Waals surface area (Å²) in [6.45, 7) is 12.2. The molecule has 2 amide bonds. The first-order valence-electron chi connectivity index (χ1n) is 15.5. The Labute approximate surface area is 263 Å². The molecule has 3 aromatic rings. The molecule has 1 fully saturated rings. The van der Waals surface area contributed by atoms with Crippen LogP contribution in [0.2, 0.25) is 5.04 Å². The summed E-state index contributed by atoms with van der Waals surface area (Å²) in [6, 6.07) is 29.8. The van der Waals surface area contributed by atoms with Crippen LogP contribution < -0.4 is 10.4 Å². The third-order valence-corrected chi connectivity index (χ3v) is 14.1. The van der Waals surface area contributed by atoms with E-state index in [9.17, 15) is 19.8 Å². The van der Waals surface area contributed by atoms with E-state index in [1.807, 2.05) is 73.7 Å². The van der Waals surface area contributed by atoms with Crippen molar-refractivity contribution in [3.8, 4) is 0 Å². The lowest BCUT2D eigenvalue weighted by Gasteiger charge is -2.44. The quantitative estimate of drug-likeness (QED) is 0.284. The molecular weight excluding hydrogens is 570 g/mol. The van der Waals surface area contributed by atoms with Crippen molar-refractivity contribution in [1.29, 1.82) is 0 Å². The highest BCUT2D eigenvalue weighted by Gasteiger charge is 2.51. The molecule has 0 aliphatic carbocycles. The minimum atomic E-state index is -2.81. The van der Waals surface area contributed by atoms with E-state index >= 15 is 0 Å². The summed E-state index contributed by atoms with van der Waals surface area (Å²) in [5, 5.41) is 24.9. The molecule has 4 rings (SSSR count). The van der Waals surface area contributed by atoms with Crippen molar-refractivity contribution in [2.24, 2.45) is 17.8 Å². The molecule has 44 heavy (non-hydrogen) atoms. The molecule has 0 saturated carbocycles. The lowest BCUT2D eigenvalue weighted by Crippen LogP contribution is -2.67. The number of carbonyl (C=O) groups excluding carboxylic acids is 2. The van der Waals surface area contributed by atoms with Gasteiger partial charge in [-0.2, -0.15) is 0 Å². The van der Waals surface area contributed by atoms with Gasteiger partial charge in [0.15, 0.2) is 0 Å². The second kappa shape index (κ2) is 14.2. The molecule has 8 heteroatoms. The van der Waals surface area contributed by atoms with Gasteiger partial charge < -0.3 is 19.4 Å². The lowest BCUT2D eigenvalue weighted by molar-refractivity contribution is -0.139. The van der Waals surface area contributed by atoms with Crippen LogP contribution in [0.5, 0.6) is 0 Å². The van der Waals surface area contributed by atoms with Gasteiger partial charge in [0.1, 0.15) is 6.61 Å². The Hall–Kier alpha value is -3.30. The van der Waals surface area contributed by atoms with Crippen molar-refractivity contribution in [2.75, 3.05) is 13.2 Å². The van der Waals surface area contributed by atoms with E-state index < -0.39 is 50.4 Å². The molecule has 1 aliphatic heterocycles. The van der Waals surface area contributed by atoms with Crippen LogP contribution in [0.4, 0.5) is 4.79 Å². The molecule has 0 unspecified atom stereocenters. The Bertz CT molecular complexity index is 1320. The number of benzene rings is 3. The summed E-state index contributed by atoms with van der Waals surface area (Å²) in [7, 11) is -2.81. The van der Waals surface area contributed by atoms with E-state index in [4.69, 9.17) is 9.16 Å². The maximum absolute atomic E-state index is 13.5. The van der Waals surface area contributed by atoms with E-state index in [1.54, 1.807) is 13.8 Å². The van der Waals surface area contributed by atoms with Gasteiger partial charge in [0.25, 0.3) is 8.32 Å². The molecule has 0 radical (unpaired) electrons. The number of carbonyl (C=O) groups is 2. The van der Waals surface area contributed by atoms with Crippen LogP contribution in [0.25, 0.3) is 0 Å². The molecule has 0 spiro atoms. The third kappa shape index (κ3) is 6.99. The normalized spacial score (nSPS) is 19.1. The topological polar surface area (TPSA) is 96.3 Å². The largest absolute Gasteiger partial charge is 0.447 e. The molecule has 236 valence electrons. The van der Waals surface area contributed by atoms with Gasteiger partial charge in [-0.15, -0.1) is 0 Å². The van der Waals surface area contributed by atoms with Crippen LogP contribution in [0.15, 0.2) is 91.0 Å². The fourth-order valence-electron chi connectivity index (χ4n) is 6.42. The van der Waals surface area contributed by atoms with E-state index in [0.717, 1.165) is 20.8 Å². The van der Waals surface area contributed by atoms with Crippen molar-refractivity contribution in [3.05, 3.63) is 96.6 Å². The summed E-state index contributed by atoms with van der Waals surface area (Å²) in [5.74, 6) is -2.42. The minimum Gasteiger partial charge on any atom is -0.447 e. The number of imide groups is 1. The van der Waals surface area contributed by atoms with Gasteiger partial charge >= 0.3 is 6.09 Å². The number of cyclic esters (lactones) is 1. The number of aliphatic hydroxyl groups excluding tert-OH is 2. The molecule has 1 heterocycles. The SMILES string of the molecule is C[C@@H]([C@@H](O)[C@H](C)CO[Si](c1ccccc1)(c1ccccc1)C(C)(C)C)[C@@H](O)[C@@H](C)C(=O)N1C(=O)OC[C@H]1Cc1ccccc1. The minimum absolute atomic E-state index is 0.108. The van der Waals surface area contributed by atoms with Crippen molar-refractivity contribution >= 4 is 30.7 Å². The highest BCUT2D eigenvalue weighted by atomic mass is 28.4. The van der Waals surface area contributed by atoms with Crippen LogP contribution in [-0.4, -0.2) is 66.9 Å². The highest BCUT2D eigenvalue weighted by molar-refractivity contribution is 6.99. The van der Waals surface area contributed by atoms with Gasteiger partial charge in [-0.3, -0.25) is 4.79 Å². The first-order valence-corrected chi connectivity index (χ1v) is 17.4. The number of rotatable bonds is 12. The molecular formula is C36H47NO6Si. The first-order chi connectivity index (χ1) is 20.9. The zero-order chi connectivity index (χ0) is 32.1. The van der Waals surface area contributed by atoms with E-state index in [0.29, 0.717) is 6.42 Å². The van der Waals surface area contributed by atoms with Gasteiger partial charge in [0.05, 0.1) is 24.2 Å². The van der Waals surface area contributed by atoms with Crippen LogP contribution >= 0.6 is 0 Å². The van der Waals surface area contributed by atoms with Crippen LogP contribution in [0.1, 0.15) is 47.1 Å². The Balaban J connectivity index is 1.48. The van der Waals surface area contributed by atoms with Crippen molar-refractivity contribution in [3.63, 3.8) is 0 Å². The smallest absolute Gasteiger partial charge is 0.416 e. The van der Waals surface area contributed by atoms with Crippen LogP contribution in [-0.2, 0) is 20.4 Å². The number of ether oxygens (including phenoxy) is 1. The summed E-state index contributed by atoms with van der Waals surface area (Å²) in [4.78, 5) is 27.3. The van der Waals surface area contributed by atoms with E-state index in [1.165, 1.54) is 0 Å². The second-order valence-electron chi connectivity index (χ2n) is 13.2. The number of hydrogen-bond donors (Lipinski definition) is 2. The predicted molar refractivity (Wildman–Crippen MR) is 175 cm³/mol. The Morgan fingerprint density at radius 3 is 1.89 bits per heavy atom. The summed E-state index contributed by atoms with van der Waals surface area (Å²) >= 11 is 0. The predicted octanol–water partition coefficient (Wildman–Crippen LogP) is 4.78. The highest BCUT2D eigenvalue weighted by Crippen LogP contribution is 2.37. The van der Waals surface area contributed by atoms with Gasteiger partial charge in [0, 0.05) is 18.4 Å². The van der Waals surface area contributed by atoms with Crippen LogP contribution in [0, 0.1) is 17.8 Å². The Kier molecular flexibility index (Phi) is 10.8. The monoisotopic (exact) mass is 617 g/mol. The zero-order valence-corrected chi connectivity index (χ0v) is 27.7. The van der Waals surface area contributed by atoms with Gasteiger partial charge in [-0.05, 0) is 27.4 Å². The maximum Gasteiger partial charge on any atom is 0.416 e. The average Bonchev–Trinajstić information content (AvgIpc) is 3.39. The first kappa shape index (κ1) is 33.6. The number of aliphatic hydroxyl groups is 2. The third-order valence-electron chi connectivity index (χ3n) is 9.05. The molecule has 1 saturated heterocycles. The number of nitrogens with zero attached hydrogens (tertiary/aromatic N) is 1. The standard InChI is InChI=1S/C36H47NO6Si/c1-25(23-43-44(36(4,5)6,30-18-12-8-13-19-30)31-20-14-9-15-21-31)32(38)26(2)33(39)27(3)34(40)37-29(24-42-35(37)41)22-28-16-10-7-11-17-28/h7-21,25-27,29,32-33,38-39H,22-24H2,1-6H3/t25-,26+,27-,29-,32+,33-/m1/s1. The van der Waals surface area contributed by atoms with Crippen LogP contribution in [0.3, 0.4) is 0 Å². The van der Waals surface area contributed by atoms with E-state index in [2.05, 4.69) is 45.0 Å². The van der Waals surface area contributed by atoms with Crippen molar-refractivity contribution in [2.45, 2.75) is 71.3 Å². The fourth-order valence-corrected chi connectivity index (χ4v) is 11.1. The Morgan fingerprint density at radius 1 is 0.886 bits per heavy atom. The molecule has 1 aliphatic rings. The average molecular weight is 618 g/mol. The maximum atomic E-state index is 13.5. The number of hydrogen-bond acceptors (Lipinski definition) is 6. The molecule has 0 aromatic heterocycles. The zero-order valence-electron chi connectivity index (χ0n) is 26.7. The van der Waals surface area contributed by atoms with Crippen molar-refractivity contribution < 1.29 is 29.0 Å². The lowest BCUT2D eigenvalue weighted by atomic mass is 9.84. The Morgan fingerprint density at radius 2 is 1.39 bits per heavy atom. The van der Waals surface area contributed by atoms with Gasteiger partial charge in [-0.25, -0.2) is 9.69 Å². The molecule has 7 nitrogen and oxygen atoms in total. The fraction of sp³-hybridized carbons (Fsp3) is 0.444. The molecule has 0 bridgehead atoms. The summed E-state index contributed by atoms with van der Waals surface area (Å²) in [5.41, 5.74) is 0.986. The molecule has 2 N–H and O–H groups in total. The van der Waals surface area contributed by atoms with E-state index in [-0.39, 0.29) is 24.2 Å². The summed E-state index contributed by atoms with van der Waals surface area (Å²) < 4.78 is 12.2. The van der Waals surface area contributed by atoms with Gasteiger partial charge in [-0.1, -0.05) is 133 Å². The molecule has 6 atom stereocenters. The summed E-state index contributed by atoms with van der Waals surface area (Å²) in [6.07, 6.45) is -2.37. The van der Waals surface area contributed by atoms with Crippen molar-refractivity contribution in [1.82, 2.24) is 4.90 Å². The van der Waals surface area contributed by atoms with Gasteiger partial charge in [0.2, 0.25) is 5.91 Å². The second-order valence-corrected chi connectivity index (χ2v) is 17.5. The number of amides is 2. The molecule has 3 aromatic carbocycles.